The van der Waals surface area contributed by atoms with Gasteiger partial charge in [-0.1, -0.05) is 69.0 Å². The summed E-state index contributed by atoms with van der Waals surface area (Å²) in [5.74, 6) is 0.529. The maximum atomic E-state index is 12.5. The SMILES string of the molecule is C=C([C@H](C(C)C)[C@@H](NC(=O)OC(C)(C)C)c1ccccc1)[Si](C)(C)C. The number of ether oxygens (including phenoxy) is 1. The number of alkyl carbamates (subject to hydrolysis) is 1. The highest BCUT2D eigenvalue weighted by Gasteiger charge is 2.35. The molecule has 0 aliphatic heterocycles. The molecule has 0 aliphatic rings. The molecule has 0 aromatic heterocycles. The minimum Gasteiger partial charge on any atom is -0.444 e. The van der Waals surface area contributed by atoms with Crippen molar-refractivity contribution in [1.82, 2.24) is 5.32 Å². The van der Waals surface area contributed by atoms with Crippen LogP contribution in [0.15, 0.2) is 42.1 Å². The van der Waals surface area contributed by atoms with E-state index in [1.54, 1.807) is 0 Å². The van der Waals surface area contributed by atoms with Gasteiger partial charge in [0, 0.05) is 5.92 Å². The zero-order valence-corrected chi connectivity index (χ0v) is 18.1. The molecule has 1 rings (SSSR count). The Morgan fingerprint density at radius 1 is 1.12 bits per heavy atom. The summed E-state index contributed by atoms with van der Waals surface area (Å²) in [4.78, 5) is 12.5. The van der Waals surface area contributed by atoms with Gasteiger partial charge in [-0.2, -0.15) is 0 Å². The summed E-state index contributed by atoms with van der Waals surface area (Å²) in [5, 5.41) is 4.40. The molecule has 0 aliphatic carbocycles. The van der Waals surface area contributed by atoms with Crippen molar-refractivity contribution in [2.45, 2.75) is 65.9 Å². The summed E-state index contributed by atoms with van der Waals surface area (Å²) < 4.78 is 5.52. The number of carbonyl (C=O) groups excluding carboxylic acids is 1. The molecule has 0 fully saturated rings. The maximum absolute atomic E-state index is 12.5. The van der Waals surface area contributed by atoms with Crippen LogP contribution in [0.1, 0.15) is 46.2 Å². The van der Waals surface area contributed by atoms with Gasteiger partial charge in [-0.15, -0.1) is 6.58 Å². The maximum Gasteiger partial charge on any atom is 0.408 e. The minimum atomic E-state index is -1.57. The van der Waals surface area contributed by atoms with E-state index in [1.165, 1.54) is 5.20 Å². The molecule has 1 amide bonds. The molecule has 1 aromatic rings. The van der Waals surface area contributed by atoms with Gasteiger partial charge in [-0.05, 0) is 32.3 Å². The van der Waals surface area contributed by atoms with Crippen LogP contribution in [0, 0.1) is 11.8 Å². The van der Waals surface area contributed by atoms with Gasteiger partial charge in [0.25, 0.3) is 0 Å². The lowest BCUT2D eigenvalue weighted by atomic mass is 9.84. The van der Waals surface area contributed by atoms with E-state index < -0.39 is 13.7 Å². The summed E-state index contributed by atoms with van der Waals surface area (Å²) in [6, 6.07) is 9.99. The third-order valence-corrected chi connectivity index (χ3v) is 6.53. The molecule has 25 heavy (non-hydrogen) atoms. The van der Waals surface area contributed by atoms with E-state index in [0.29, 0.717) is 5.92 Å². The van der Waals surface area contributed by atoms with E-state index >= 15 is 0 Å². The van der Waals surface area contributed by atoms with Crippen LogP contribution in [-0.2, 0) is 4.74 Å². The number of hydrogen-bond acceptors (Lipinski definition) is 2. The second-order valence-electron chi connectivity index (χ2n) is 9.08. The fourth-order valence-electron chi connectivity index (χ4n) is 2.96. The minimum absolute atomic E-state index is 0.143. The average molecular weight is 362 g/mol. The van der Waals surface area contributed by atoms with Gasteiger partial charge in [-0.25, -0.2) is 4.79 Å². The van der Waals surface area contributed by atoms with E-state index in [9.17, 15) is 4.79 Å². The Hall–Kier alpha value is -1.55. The summed E-state index contributed by atoms with van der Waals surface area (Å²) >= 11 is 0. The van der Waals surface area contributed by atoms with Crippen LogP contribution in [0.3, 0.4) is 0 Å². The topological polar surface area (TPSA) is 38.3 Å². The fraction of sp³-hybridized carbons (Fsp3) is 0.571. The Morgan fingerprint density at radius 2 is 1.64 bits per heavy atom. The van der Waals surface area contributed by atoms with Crippen LogP contribution in [0.5, 0.6) is 0 Å². The van der Waals surface area contributed by atoms with E-state index in [2.05, 4.69) is 57.5 Å². The van der Waals surface area contributed by atoms with Crippen molar-refractivity contribution >= 4 is 14.2 Å². The number of hydrogen-bond donors (Lipinski definition) is 1. The Bertz CT molecular complexity index is 582. The first kappa shape index (κ1) is 21.5. The average Bonchev–Trinajstić information content (AvgIpc) is 2.44. The molecule has 0 spiro atoms. The molecule has 0 saturated heterocycles. The second-order valence-corrected chi connectivity index (χ2v) is 14.2. The van der Waals surface area contributed by atoms with Crippen molar-refractivity contribution in [3.63, 3.8) is 0 Å². The van der Waals surface area contributed by atoms with Gasteiger partial charge in [0.05, 0.1) is 14.1 Å². The van der Waals surface area contributed by atoms with Gasteiger partial charge in [-0.3, -0.25) is 0 Å². The molecule has 0 radical (unpaired) electrons. The van der Waals surface area contributed by atoms with Crippen molar-refractivity contribution in [1.29, 1.82) is 0 Å². The van der Waals surface area contributed by atoms with Gasteiger partial charge in [0.2, 0.25) is 0 Å². The van der Waals surface area contributed by atoms with Gasteiger partial charge < -0.3 is 10.1 Å². The van der Waals surface area contributed by atoms with Crippen LogP contribution in [0.4, 0.5) is 4.79 Å². The van der Waals surface area contributed by atoms with Crippen molar-refractivity contribution in [3.8, 4) is 0 Å². The number of benzene rings is 1. The predicted molar refractivity (Wildman–Crippen MR) is 109 cm³/mol. The van der Waals surface area contributed by atoms with Crippen molar-refractivity contribution in [2.24, 2.45) is 11.8 Å². The molecule has 140 valence electrons. The molecule has 0 heterocycles. The molecule has 2 atom stereocenters. The highest BCUT2D eigenvalue weighted by Crippen LogP contribution is 2.37. The first-order valence-corrected chi connectivity index (χ1v) is 12.6. The summed E-state index contributed by atoms with van der Waals surface area (Å²) in [5.41, 5.74) is 0.570. The molecule has 3 nitrogen and oxygen atoms in total. The van der Waals surface area contributed by atoms with E-state index in [-0.39, 0.29) is 18.1 Å². The Kier molecular flexibility index (Phi) is 7.06. The number of amides is 1. The van der Waals surface area contributed by atoms with Crippen LogP contribution in [-0.4, -0.2) is 19.8 Å². The van der Waals surface area contributed by atoms with Crippen LogP contribution in [0.25, 0.3) is 0 Å². The van der Waals surface area contributed by atoms with Gasteiger partial charge in [0.1, 0.15) is 5.60 Å². The third kappa shape index (κ3) is 6.69. The first-order valence-electron chi connectivity index (χ1n) is 9.06. The van der Waals surface area contributed by atoms with Crippen LogP contribution >= 0.6 is 0 Å². The zero-order chi connectivity index (χ0) is 19.4. The summed E-state index contributed by atoms with van der Waals surface area (Å²) in [6.45, 7) is 21.4. The van der Waals surface area contributed by atoms with Gasteiger partial charge in [0.15, 0.2) is 0 Å². The van der Waals surface area contributed by atoms with Gasteiger partial charge >= 0.3 is 6.09 Å². The molecule has 0 unspecified atom stereocenters. The monoisotopic (exact) mass is 361 g/mol. The highest BCUT2D eigenvalue weighted by atomic mass is 28.3. The van der Waals surface area contributed by atoms with E-state index in [4.69, 9.17) is 4.74 Å². The predicted octanol–water partition coefficient (Wildman–Crippen LogP) is 5.96. The number of nitrogens with one attached hydrogen (secondary N) is 1. The zero-order valence-electron chi connectivity index (χ0n) is 17.1. The van der Waals surface area contributed by atoms with Crippen LogP contribution in [0.2, 0.25) is 19.6 Å². The number of rotatable bonds is 6. The van der Waals surface area contributed by atoms with Crippen molar-refractivity contribution in [3.05, 3.63) is 47.7 Å². The molecule has 0 bridgehead atoms. The number of carbonyl (C=O) groups is 1. The Labute approximate surface area is 154 Å². The highest BCUT2D eigenvalue weighted by molar-refractivity contribution is 6.83. The quantitative estimate of drug-likeness (QED) is 0.635. The molecule has 4 heteroatoms. The second kappa shape index (κ2) is 8.22. The summed E-state index contributed by atoms with van der Waals surface area (Å²) in [7, 11) is -1.57. The molecule has 1 aromatic carbocycles. The third-order valence-electron chi connectivity index (χ3n) is 4.27. The smallest absolute Gasteiger partial charge is 0.408 e. The van der Waals surface area contributed by atoms with Crippen LogP contribution < -0.4 is 5.32 Å². The van der Waals surface area contributed by atoms with Crippen molar-refractivity contribution in [2.75, 3.05) is 0 Å². The standard InChI is InChI=1S/C21H35NO2Si/c1-15(2)18(16(3)25(7,8)9)19(17-13-11-10-12-14-17)22-20(23)24-21(4,5)6/h10-15,18-19H,3H2,1-2,4-9H3,(H,22,23)/t18-,19-/m0/s1. The lowest BCUT2D eigenvalue weighted by Crippen LogP contribution is -2.42. The Morgan fingerprint density at radius 3 is 2.04 bits per heavy atom. The van der Waals surface area contributed by atoms with E-state index in [0.717, 1.165) is 5.56 Å². The summed E-state index contributed by atoms with van der Waals surface area (Å²) in [6.07, 6.45) is -0.379. The molecular weight excluding hydrogens is 326 g/mol. The molecular formula is C21H35NO2Si. The van der Waals surface area contributed by atoms with Crippen molar-refractivity contribution < 1.29 is 9.53 Å². The lowest BCUT2D eigenvalue weighted by molar-refractivity contribution is 0.0484. The first-order chi connectivity index (χ1) is 11.3. The molecule has 1 N–H and O–H groups in total. The fourth-order valence-corrected chi connectivity index (χ4v) is 4.46. The Balaban J connectivity index is 3.25. The largest absolute Gasteiger partial charge is 0.444 e. The normalized spacial score (nSPS) is 14.8. The van der Waals surface area contributed by atoms with E-state index in [1.807, 2.05) is 39.0 Å². The lowest BCUT2D eigenvalue weighted by Gasteiger charge is -2.37. The molecule has 0 saturated carbocycles.